The number of nitrogens with one attached hydrogen (secondary N) is 1. The summed E-state index contributed by atoms with van der Waals surface area (Å²) in [6, 6.07) is 3.67. The van der Waals surface area contributed by atoms with Gasteiger partial charge in [-0.2, -0.15) is 0 Å². The maximum absolute atomic E-state index is 6.11. The van der Waals surface area contributed by atoms with E-state index in [9.17, 15) is 0 Å². The number of hydrogen-bond acceptors (Lipinski definition) is 3. The van der Waals surface area contributed by atoms with Gasteiger partial charge in [-0.25, -0.2) is 0 Å². The second kappa shape index (κ2) is 9.52. The maximum Gasteiger partial charge on any atom is 0.165 e. The van der Waals surface area contributed by atoms with Crippen LogP contribution in [0.5, 0.6) is 11.5 Å². The van der Waals surface area contributed by atoms with Crippen LogP contribution in [0.4, 0.5) is 0 Å². The summed E-state index contributed by atoms with van der Waals surface area (Å²) in [5, 5.41) is 3.99. The van der Waals surface area contributed by atoms with Crippen LogP contribution in [0.3, 0.4) is 0 Å². The summed E-state index contributed by atoms with van der Waals surface area (Å²) in [4.78, 5) is 0. The first kappa shape index (κ1) is 16.7. The number of benzene rings is 1. The van der Waals surface area contributed by atoms with Crippen LogP contribution >= 0.6 is 11.6 Å². The Labute approximate surface area is 126 Å². The molecule has 0 saturated heterocycles. The zero-order valence-electron chi connectivity index (χ0n) is 12.2. The fraction of sp³-hybridized carbons (Fsp3) is 0.500. The molecule has 0 atom stereocenters. The van der Waals surface area contributed by atoms with Gasteiger partial charge in [-0.15, -0.1) is 12.3 Å². The average molecular weight is 296 g/mol. The van der Waals surface area contributed by atoms with Crippen molar-refractivity contribution in [1.29, 1.82) is 0 Å². The van der Waals surface area contributed by atoms with E-state index in [-0.39, 0.29) is 0 Å². The lowest BCUT2D eigenvalue weighted by atomic mass is 10.1. The van der Waals surface area contributed by atoms with Crippen LogP contribution in [0.15, 0.2) is 12.1 Å². The highest BCUT2D eigenvalue weighted by molar-refractivity contribution is 6.30. The molecule has 0 fully saturated rings. The number of halogens is 1. The molecule has 0 aliphatic heterocycles. The standard InChI is InChI=1S/C16H22ClNO2/c1-4-6-7-9-20-16-13(12-18-8-5-2)10-14(17)11-15(16)19-3/h1,10-11,18H,5-9,12H2,2-3H3. The predicted octanol–water partition coefficient (Wildman–Crippen LogP) is 3.64. The first-order chi connectivity index (χ1) is 9.72. The molecule has 0 spiro atoms. The molecule has 0 radical (unpaired) electrons. The van der Waals surface area contributed by atoms with E-state index in [1.807, 2.05) is 6.07 Å². The summed E-state index contributed by atoms with van der Waals surface area (Å²) in [5.41, 5.74) is 1.00. The SMILES string of the molecule is C#CCCCOc1c(CNCCC)cc(Cl)cc1OC. The molecular formula is C16H22ClNO2. The minimum Gasteiger partial charge on any atom is -0.493 e. The molecule has 0 aliphatic carbocycles. The van der Waals surface area contributed by atoms with E-state index < -0.39 is 0 Å². The van der Waals surface area contributed by atoms with Crippen LogP contribution in [0.25, 0.3) is 0 Å². The Bertz CT molecular complexity index is 455. The van der Waals surface area contributed by atoms with E-state index in [0.717, 1.165) is 30.7 Å². The molecule has 1 rings (SSSR count). The van der Waals surface area contributed by atoms with Crippen molar-refractivity contribution in [2.75, 3.05) is 20.3 Å². The van der Waals surface area contributed by atoms with Crippen LogP contribution in [0.1, 0.15) is 31.7 Å². The van der Waals surface area contributed by atoms with E-state index in [1.165, 1.54) is 0 Å². The summed E-state index contributed by atoms with van der Waals surface area (Å²) < 4.78 is 11.2. The Kier molecular flexibility index (Phi) is 7.94. The molecule has 0 amide bonds. The summed E-state index contributed by atoms with van der Waals surface area (Å²) in [6.45, 7) is 4.35. The fourth-order valence-corrected chi connectivity index (χ4v) is 2.05. The third kappa shape index (κ3) is 5.32. The van der Waals surface area contributed by atoms with Gasteiger partial charge in [-0.3, -0.25) is 0 Å². The summed E-state index contributed by atoms with van der Waals surface area (Å²) in [7, 11) is 1.61. The topological polar surface area (TPSA) is 30.5 Å². The van der Waals surface area contributed by atoms with Gasteiger partial charge in [0.1, 0.15) is 0 Å². The molecule has 1 aromatic rings. The molecule has 1 aromatic carbocycles. The molecule has 1 N–H and O–H groups in total. The van der Waals surface area contributed by atoms with Gasteiger partial charge in [-0.1, -0.05) is 18.5 Å². The Morgan fingerprint density at radius 3 is 2.85 bits per heavy atom. The molecule has 0 aromatic heterocycles. The normalized spacial score (nSPS) is 10.1. The molecule has 0 saturated carbocycles. The van der Waals surface area contributed by atoms with Crippen molar-refractivity contribution in [3.63, 3.8) is 0 Å². The molecule has 0 aliphatic rings. The smallest absolute Gasteiger partial charge is 0.165 e. The lowest BCUT2D eigenvalue weighted by molar-refractivity contribution is 0.287. The molecular weight excluding hydrogens is 274 g/mol. The van der Waals surface area contributed by atoms with Gasteiger partial charge >= 0.3 is 0 Å². The zero-order valence-corrected chi connectivity index (χ0v) is 12.9. The highest BCUT2D eigenvalue weighted by Crippen LogP contribution is 2.34. The highest BCUT2D eigenvalue weighted by atomic mass is 35.5. The highest BCUT2D eigenvalue weighted by Gasteiger charge is 2.12. The van der Waals surface area contributed by atoms with Gasteiger partial charge in [0.2, 0.25) is 0 Å². The van der Waals surface area contributed by atoms with Crippen molar-refractivity contribution in [1.82, 2.24) is 5.32 Å². The molecule has 0 bridgehead atoms. The number of hydrogen-bond donors (Lipinski definition) is 1. The maximum atomic E-state index is 6.11. The fourth-order valence-electron chi connectivity index (χ4n) is 1.82. The van der Waals surface area contributed by atoms with Gasteiger partial charge in [0, 0.05) is 29.6 Å². The van der Waals surface area contributed by atoms with Crippen molar-refractivity contribution in [2.24, 2.45) is 0 Å². The van der Waals surface area contributed by atoms with Crippen molar-refractivity contribution < 1.29 is 9.47 Å². The van der Waals surface area contributed by atoms with Crippen molar-refractivity contribution >= 4 is 11.6 Å². The van der Waals surface area contributed by atoms with E-state index >= 15 is 0 Å². The van der Waals surface area contributed by atoms with E-state index in [2.05, 4.69) is 18.2 Å². The number of rotatable bonds is 9. The van der Waals surface area contributed by atoms with Crippen molar-refractivity contribution in [3.05, 3.63) is 22.7 Å². The van der Waals surface area contributed by atoms with E-state index in [1.54, 1.807) is 13.2 Å². The monoisotopic (exact) mass is 295 g/mol. The molecule has 20 heavy (non-hydrogen) atoms. The van der Waals surface area contributed by atoms with E-state index in [0.29, 0.717) is 30.3 Å². The van der Waals surface area contributed by atoms with Gasteiger partial charge in [0.15, 0.2) is 11.5 Å². The van der Waals surface area contributed by atoms with Crippen LogP contribution in [-0.4, -0.2) is 20.3 Å². The molecule has 0 heterocycles. The molecule has 110 valence electrons. The van der Waals surface area contributed by atoms with Gasteiger partial charge in [0.05, 0.1) is 13.7 Å². The predicted molar refractivity (Wildman–Crippen MR) is 83.6 cm³/mol. The Balaban J connectivity index is 2.82. The Morgan fingerprint density at radius 1 is 1.40 bits per heavy atom. The second-order valence-corrected chi connectivity index (χ2v) is 4.87. The lowest BCUT2D eigenvalue weighted by Gasteiger charge is -2.16. The second-order valence-electron chi connectivity index (χ2n) is 4.43. The molecule has 0 unspecified atom stereocenters. The first-order valence-electron chi connectivity index (χ1n) is 6.86. The largest absolute Gasteiger partial charge is 0.493 e. The summed E-state index contributed by atoms with van der Waals surface area (Å²) in [6.07, 6.45) is 7.85. The summed E-state index contributed by atoms with van der Waals surface area (Å²) in [5.74, 6) is 4.01. The lowest BCUT2D eigenvalue weighted by Crippen LogP contribution is -2.15. The van der Waals surface area contributed by atoms with Crippen molar-refractivity contribution in [2.45, 2.75) is 32.7 Å². The summed E-state index contributed by atoms with van der Waals surface area (Å²) >= 11 is 6.11. The van der Waals surface area contributed by atoms with E-state index in [4.69, 9.17) is 27.5 Å². The number of terminal acetylenes is 1. The zero-order chi connectivity index (χ0) is 14.8. The number of ether oxygens (including phenoxy) is 2. The van der Waals surface area contributed by atoms with Crippen LogP contribution < -0.4 is 14.8 Å². The minimum atomic E-state index is 0.572. The molecule has 4 heteroatoms. The van der Waals surface area contributed by atoms with Gasteiger partial charge < -0.3 is 14.8 Å². The quantitative estimate of drug-likeness (QED) is 0.557. The Morgan fingerprint density at radius 2 is 2.20 bits per heavy atom. The third-order valence-electron chi connectivity index (χ3n) is 2.77. The van der Waals surface area contributed by atoms with Gasteiger partial charge in [-0.05, 0) is 25.5 Å². The number of unbranched alkanes of at least 4 members (excludes halogenated alkanes) is 1. The average Bonchev–Trinajstić information content (AvgIpc) is 2.45. The first-order valence-corrected chi connectivity index (χ1v) is 7.24. The third-order valence-corrected chi connectivity index (χ3v) is 2.99. The van der Waals surface area contributed by atoms with Gasteiger partial charge in [0.25, 0.3) is 0 Å². The van der Waals surface area contributed by atoms with Crippen molar-refractivity contribution in [3.8, 4) is 23.8 Å². The van der Waals surface area contributed by atoms with Crippen LogP contribution in [-0.2, 0) is 6.54 Å². The Hall–Kier alpha value is -1.37. The number of methoxy groups -OCH3 is 1. The molecule has 3 nitrogen and oxygen atoms in total. The van der Waals surface area contributed by atoms with Crippen LogP contribution in [0.2, 0.25) is 5.02 Å². The minimum absolute atomic E-state index is 0.572. The van der Waals surface area contributed by atoms with Crippen LogP contribution in [0, 0.1) is 12.3 Å².